The predicted molar refractivity (Wildman–Crippen MR) is 128 cm³/mol. The molecule has 0 unspecified atom stereocenters. The molecule has 0 spiro atoms. The smallest absolute Gasteiger partial charge is 0.391 e. The second-order valence-electron chi connectivity index (χ2n) is 8.53. The summed E-state index contributed by atoms with van der Waals surface area (Å²) in [6.07, 6.45) is 0.712. The molecule has 1 aliphatic carbocycles. The van der Waals surface area contributed by atoms with E-state index in [-0.39, 0.29) is 30.1 Å². The fourth-order valence-corrected chi connectivity index (χ4v) is 4.98. The van der Waals surface area contributed by atoms with Gasteiger partial charge < -0.3 is 14.2 Å². The number of methoxy groups -OCH3 is 2. The van der Waals surface area contributed by atoms with Crippen molar-refractivity contribution in [2.24, 2.45) is 5.92 Å². The first-order chi connectivity index (χ1) is 17.2. The molecule has 192 valence electrons. The monoisotopic (exact) mass is 523 g/mol. The normalized spacial score (nSPS) is 18.1. The lowest BCUT2D eigenvalue weighted by molar-refractivity contribution is -0.182. The van der Waals surface area contributed by atoms with Gasteiger partial charge in [-0.05, 0) is 67.3 Å². The van der Waals surface area contributed by atoms with Crippen LogP contribution in [0.1, 0.15) is 47.5 Å². The summed E-state index contributed by atoms with van der Waals surface area (Å²) < 4.78 is 67.6. The van der Waals surface area contributed by atoms with Crippen LogP contribution in [0.15, 0.2) is 53.7 Å². The van der Waals surface area contributed by atoms with E-state index in [9.17, 15) is 22.4 Å². The number of hydrogen-bond donors (Lipinski definition) is 1. The number of aromatic nitrogens is 2. The summed E-state index contributed by atoms with van der Waals surface area (Å²) in [5, 5.41) is 4.35. The molecule has 0 saturated heterocycles. The van der Waals surface area contributed by atoms with Crippen LogP contribution in [0, 0.1) is 11.7 Å². The molecule has 0 radical (unpaired) electrons. The molecule has 3 aromatic rings. The van der Waals surface area contributed by atoms with Crippen LogP contribution >= 0.6 is 11.9 Å². The summed E-state index contributed by atoms with van der Waals surface area (Å²) >= 11 is 1.19. The van der Waals surface area contributed by atoms with Gasteiger partial charge in [-0.1, -0.05) is 12.1 Å². The van der Waals surface area contributed by atoms with E-state index in [2.05, 4.69) is 14.6 Å². The maximum atomic E-state index is 14.3. The standard InChI is InChI=1S/C25H25F4N3O3S/c1-34-23-11-20(24(33)35-2)21(26)12-22(23)31-36-19-13-30-32(14-19)18-9-5-16(6-10-18)15-3-7-17(8-4-15)25(27,28)29/h5-6,9-15,17,31H,3-4,7-8H2,1-2H3. The molecule has 2 aromatic carbocycles. The average Bonchev–Trinajstić information content (AvgIpc) is 3.36. The Labute approximate surface area is 210 Å². The van der Waals surface area contributed by atoms with Gasteiger partial charge in [0, 0.05) is 12.3 Å². The molecule has 6 nitrogen and oxygen atoms in total. The fraction of sp³-hybridized carbons (Fsp3) is 0.360. The minimum absolute atomic E-state index is 0.131. The highest BCUT2D eigenvalue weighted by Crippen LogP contribution is 2.43. The van der Waals surface area contributed by atoms with Gasteiger partial charge >= 0.3 is 12.1 Å². The molecule has 4 rings (SSSR count). The Bertz CT molecular complexity index is 1210. The maximum absolute atomic E-state index is 14.3. The number of benzene rings is 2. The van der Waals surface area contributed by atoms with Gasteiger partial charge in [0.15, 0.2) is 0 Å². The number of nitrogens with zero attached hydrogens (tertiary/aromatic N) is 2. The first-order valence-electron chi connectivity index (χ1n) is 11.3. The van der Waals surface area contributed by atoms with Crippen molar-refractivity contribution in [3.8, 4) is 11.4 Å². The van der Waals surface area contributed by atoms with Crippen LogP contribution in [0.3, 0.4) is 0 Å². The summed E-state index contributed by atoms with van der Waals surface area (Å²) in [6.45, 7) is 0. The number of halogens is 4. The molecule has 0 bridgehead atoms. The van der Waals surface area contributed by atoms with Crippen LogP contribution in [-0.2, 0) is 4.74 Å². The summed E-state index contributed by atoms with van der Waals surface area (Å²) in [7, 11) is 2.58. The zero-order valence-corrected chi connectivity index (χ0v) is 20.5. The summed E-state index contributed by atoms with van der Waals surface area (Å²) in [4.78, 5) is 12.4. The third kappa shape index (κ3) is 5.77. The molecule has 1 fully saturated rings. The number of esters is 1. The Kier molecular flexibility index (Phi) is 7.77. The zero-order chi connectivity index (χ0) is 25.9. The second kappa shape index (κ2) is 10.8. The quantitative estimate of drug-likeness (QED) is 0.210. The van der Waals surface area contributed by atoms with Crippen molar-refractivity contribution in [3.05, 3.63) is 65.7 Å². The second-order valence-corrected chi connectivity index (χ2v) is 9.41. The van der Waals surface area contributed by atoms with E-state index < -0.39 is 23.9 Å². The highest BCUT2D eigenvalue weighted by molar-refractivity contribution is 8.00. The van der Waals surface area contributed by atoms with Gasteiger partial charge in [-0.25, -0.2) is 13.9 Å². The Morgan fingerprint density at radius 3 is 2.42 bits per heavy atom. The van der Waals surface area contributed by atoms with Crippen LogP contribution < -0.4 is 9.46 Å². The van der Waals surface area contributed by atoms with Gasteiger partial charge in [0.2, 0.25) is 0 Å². The number of anilines is 1. The SMILES string of the molecule is COC(=O)c1cc(OC)c(NSc2cnn(-c3ccc(C4CCC(C(F)(F)F)CC4)cc3)c2)cc1F. The van der Waals surface area contributed by atoms with Crippen LogP contribution in [0.2, 0.25) is 0 Å². The molecule has 1 saturated carbocycles. The highest BCUT2D eigenvalue weighted by Gasteiger charge is 2.41. The van der Waals surface area contributed by atoms with Gasteiger partial charge in [-0.3, -0.25) is 0 Å². The number of ether oxygens (including phenoxy) is 2. The zero-order valence-electron chi connectivity index (χ0n) is 19.6. The lowest BCUT2D eigenvalue weighted by Gasteiger charge is -2.30. The number of alkyl halides is 3. The van der Waals surface area contributed by atoms with E-state index in [1.54, 1.807) is 17.1 Å². The van der Waals surface area contributed by atoms with Gasteiger partial charge in [-0.2, -0.15) is 18.3 Å². The number of nitrogens with one attached hydrogen (secondary N) is 1. The summed E-state index contributed by atoms with van der Waals surface area (Å²) in [6, 6.07) is 10.1. The lowest BCUT2D eigenvalue weighted by atomic mass is 9.78. The van der Waals surface area contributed by atoms with E-state index in [0.29, 0.717) is 18.5 Å². The third-order valence-corrected chi connectivity index (χ3v) is 7.12. The van der Waals surface area contributed by atoms with Gasteiger partial charge in [-0.15, -0.1) is 0 Å². The van der Waals surface area contributed by atoms with Crippen LogP contribution in [-0.4, -0.2) is 36.1 Å². The first-order valence-corrected chi connectivity index (χ1v) is 12.1. The van der Waals surface area contributed by atoms with E-state index in [4.69, 9.17) is 4.74 Å². The molecule has 36 heavy (non-hydrogen) atoms. The number of carbonyl (C=O) groups excluding carboxylic acids is 1. The Morgan fingerprint density at radius 1 is 1.11 bits per heavy atom. The minimum atomic E-state index is -4.11. The van der Waals surface area contributed by atoms with Crippen LogP contribution in [0.25, 0.3) is 5.69 Å². The Balaban J connectivity index is 1.39. The molecule has 0 atom stereocenters. The van der Waals surface area contributed by atoms with Gasteiger partial charge in [0.05, 0.1) is 48.2 Å². The number of rotatable bonds is 7. The van der Waals surface area contributed by atoms with E-state index in [1.165, 1.54) is 32.2 Å². The van der Waals surface area contributed by atoms with Crippen molar-refractivity contribution >= 4 is 23.6 Å². The molecular formula is C25H25F4N3O3S. The van der Waals surface area contributed by atoms with Crippen LogP contribution in [0.5, 0.6) is 5.75 Å². The molecule has 1 N–H and O–H groups in total. The lowest BCUT2D eigenvalue weighted by Crippen LogP contribution is -2.27. The Morgan fingerprint density at radius 2 is 1.81 bits per heavy atom. The molecule has 1 aliphatic rings. The molecule has 1 heterocycles. The van der Waals surface area contributed by atoms with Crippen molar-refractivity contribution in [3.63, 3.8) is 0 Å². The average molecular weight is 524 g/mol. The number of carbonyl (C=O) groups is 1. The highest BCUT2D eigenvalue weighted by atomic mass is 32.2. The third-order valence-electron chi connectivity index (χ3n) is 6.35. The molecule has 1 aromatic heterocycles. The Hall–Kier alpha value is -3.21. The van der Waals surface area contributed by atoms with E-state index >= 15 is 0 Å². The topological polar surface area (TPSA) is 65.4 Å². The van der Waals surface area contributed by atoms with Crippen molar-refractivity contribution in [1.29, 1.82) is 0 Å². The van der Waals surface area contributed by atoms with Crippen molar-refractivity contribution in [2.45, 2.75) is 42.7 Å². The van der Waals surface area contributed by atoms with Crippen molar-refractivity contribution < 1.29 is 31.8 Å². The van der Waals surface area contributed by atoms with E-state index in [1.807, 2.05) is 24.3 Å². The van der Waals surface area contributed by atoms with E-state index in [0.717, 1.165) is 22.2 Å². The molecular weight excluding hydrogens is 498 g/mol. The van der Waals surface area contributed by atoms with Crippen molar-refractivity contribution in [1.82, 2.24) is 9.78 Å². The fourth-order valence-electron chi connectivity index (χ4n) is 4.34. The molecule has 0 aliphatic heterocycles. The predicted octanol–water partition coefficient (Wildman–Crippen LogP) is 6.76. The first kappa shape index (κ1) is 25.9. The van der Waals surface area contributed by atoms with Crippen LogP contribution in [0.4, 0.5) is 23.2 Å². The summed E-state index contributed by atoms with van der Waals surface area (Å²) in [5.74, 6) is -2.33. The maximum Gasteiger partial charge on any atom is 0.391 e. The minimum Gasteiger partial charge on any atom is -0.495 e. The molecule has 11 heteroatoms. The summed E-state index contributed by atoms with van der Waals surface area (Å²) in [5.41, 5.74) is 1.95. The van der Waals surface area contributed by atoms with Gasteiger partial charge in [0.25, 0.3) is 0 Å². The van der Waals surface area contributed by atoms with Gasteiger partial charge in [0.1, 0.15) is 11.6 Å². The van der Waals surface area contributed by atoms with Crippen molar-refractivity contribution in [2.75, 3.05) is 18.9 Å². The molecule has 0 amide bonds. The number of hydrogen-bond acceptors (Lipinski definition) is 6. The largest absolute Gasteiger partial charge is 0.495 e.